The predicted molar refractivity (Wildman–Crippen MR) is 76.5 cm³/mol. The number of ether oxygens (including phenoxy) is 2. The molecule has 6 heteroatoms. The van der Waals surface area contributed by atoms with Crippen molar-refractivity contribution in [1.29, 1.82) is 0 Å². The van der Waals surface area contributed by atoms with Crippen molar-refractivity contribution in [3.8, 4) is 0 Å². The van der Waals surface area contributed by atoms with Gasteiger partial charge in [-0.05, 0) is 47.5 Å². The van der Waals surface area contributed by atoms with Crippen LogP contribution < -0.4 is 0 Å². The van der Waals surface area contributed by atoms with Gasteiger partial charge in [0, 0.05) is 11.8 Å². The normalized spacial score (nSPS) is 20.5. The second-order valence-corrected chi connectivity index (χ2v) is 5.90. The van der Waals surface area contributed by atoms with Crippen LogP contribution in [0.25, 0.3) is 0 Å². The lowest BCUT2D eigenvalue weighted by molar-refractivity contribution is -0.147. The molecule has 0 unspecified atom stereocenters. The molecule has 0 aromatic rings. The first-order valence-electron chi connectivity index (χ1n) is 7.05. The number of carbonyl (C=O) groups excluding carboxylic acids is 3. The zero-order chi connectivity index (χ0) is 16.2. The molecule has 1 aliphatic rings. The van der Waals surface area contributed by atoms with Crippen LogP contribution in [-0.4, -0.2) is 41.0 Å². The Morgan fingerprint density at radius 1 is 1.33 bits per heavy atom. The molecule has 1 heterocycles. The molecular weight excluding hydrogens is 274 g/mol. The molecule has 0 aliphatic carbocycles. The molecule has 0 aromatic carbocycles. The SMILES string of the molecule is CCOC(=O)[C@@H]1CC/C(=C\C(C)=O)N1C(=O)OC(C)(C)C. The number of hydrogen-bond donors (Lipinski definition) is 0. The van der Waals surface area contributed by atoms with Crippen LogP contribution in [0.4, 0.5) is 4.79 Å². The number of esters is 1. The van der Waals surface area contributed by atoms with Crippen molar-refractivity contribution in [3.05, 3.63) is 11.8 Å². The maximum Gasteiger partial charge on any atom is 0.415 e. The molecule has 0 aromatic heterocycles. The molecule has 1 aliphatic heterocycles. The van der Waals surface area contributed by atoms with E-state index in [1.165, 1.54) is 17.9 Å². The molecule has 0 bridgehead atoms. The van der Waals surface area contributed by atoms with Gasteiger partial charge in [0.05, 0.1) is 6.61 Å². The second kappa shape index (κ2) is 6.74. The van der Waals surface area contributed by atoms with E-state index in [0.717, 1.165) is 0 Å². The van der Waals surface area contributed by atoms with E-state index in [4.69, 9.17) is 9.47 Å². The highest BCUT2D eigenvalue weighted by atomic mass is 16.6. The molecule has 6 nitrogen and oxygen atoms in total. The maximum atomic E-state index is 12.3. The zero-order valence-electron chi connectivity index (χ0n) is 13.3. The molecule has 21 heavy (non-hydrogen) atoms. The van der Waals surface area contributed by atoms with Gasteiger partial charge in [0.2, 0.25) is 0 Å². The Morgan fingerprint density at radius 2 is 1.95 bits per heavy atom. The highest BCUT2D eigenvalue weighted by Crippen LogP contribution is 2.30. The van der Waals surface area contributed by atoms with Gasteiger partial charge in [0.15, 0.2) is 5.78 Å². The van der Waals surface area contributed by atoms with Crippen LogP contribution in [-0.2, 0) is 19.1 Å². The number of rotatable bonds is 3. The van der Waals surface area contributed by atoms with Gasteiger partial charge in [-0.2, -0.15) is 0 Å². The summed E-state index contributed by atoms with van der Waals surface area (Å²) in [7, 11) is 0. The number of ketones is 1. The Hall–Kier alpha value is -1.85. The van der Waals surface area contributed by atoms with Crippen LogP contribution in [0, 0.1) is 0 Å². The lowest BCUT2D eigenvalue weighted by Gasteiger charge is -2.28. The van der Waals surface area contributed by atoms with Gasteiger partial charge in [0.1, 0.15) is 11.6 Å². The highest BCUT2D eigenvalue weighted by Gasteiger charge is 2.40. The monoisotopic (exact) mass is 297 g/mol. The number of nitrogens with zero attached hydrogens (tertiary/aromatic N) is 1. The van der Waals surface area contributed by atoms with Crippen molar-refractivity contribution in [3.63, 3.8) is 0 Å². The van der Waals surface area contributed by atoms with Gasteiger partial charge in [0.25, 0.3) is 0 Å². The summed E-state index contributed by atoms with van der Waals surface area (Å²) >= 11 is 0. The molecule has 1 saturated heterocycles. The Labute approximate surface area is 125 Å². The van der Waals surface area contributed by atoms with Crippen molar-refractivity contribution < 1.29 is 23.9 Å². The summed E-state index contributed by atoms with van der Waals surface area (Å²) in [6, 6.07) is -0.731. The second-order valence-electron chi connectivity index (χ2n) is 5.90. The summed E-state index contributed by atoms with van der Waals surface area (Å²) in [5.41, 5.74) is -0.185. The predicted octanol–water partition coefficient (Wildman–Crippen LogP) is 2.42. The van der Waals surface area contributed by atoms with Gasteiger partial charge < -0.3 is 9.47 Å². The summed E-state index contributed by atoms with van der Waals surface area (Å²) in [6.07, 6.45) is 1.62. The van der Waals surface area contributed by atoms with E-state index in [9.17, 15) is 14.4 Å². The first-order valence-corrected chi connectivity index (χ1v) is 7.05. The minimum absolute atomic E-state index is 0.178. The quantitative estimate of drug-likeness (QED) is 0.591. The van der Waals surface area contributed by atoms with Crippen LogP contribution in [0.3, 0.4) is 0 Å². The topological polar surface area (TPSA) is 72.9 Å². The third-order valence-corrected chi connectivity index (χ3v) is 2.81. The Bertz CT molecular complexity index is 461. The summed E-state index contributed by atoms with van der Waals surface area (Å²) < 4.78 is 10.3. The van der Waals surface area contributed by atoms with Gasteiger partial charge >= 0.3 is 12.1 Å². The van der Waals surface area contributed by atoms with Crippen LogP contribution in [0.1, 0.15) is 47.5 Å². The zero-order valence-corrected chi connectivity index (χ0v) is 13.3. The minimum atomic E-state index is -0.731. The van der Waals surface area contributed by atoms with Crippen LogP contribution in [0.15, 0.2) is 11.8 Å². The Kier molecular flexibility index (Phi) is 5.52. The number of amides is 1. The Morgan fingerprint density at radius 3 is 2.43 bits per heavy atom. The number of allylic oxidation sites excluding steroid dienone is 2. The molecule has 0 radical (unpaired) electrons. The van der Waals surface area contributed by atoms with E-state index in [-0.39, 0.29) is 12.4 Å². The number of likely N-dealkylation sites (tertiary alicyclic amines) is 1. The van der Waals surface area contributed by atoms with Crippen LogP contribution in [0.2, 0.25) is 0 Å². The lowest BCUT2D eigenvalue weighted by atomic mass is 10.2. The standard InChI is InChI=1S/C15H23NO5/c1-6-20-13(18)12-8-7-11(9-10(2)17)16(12)14(19)21-15(3,4)5/h9,12H,6-8H2,1-5H3/b11-9+/t12-/m0/s1. The maximum absolute atomic E-state index is 12.3. The molecule has 1 atom stereocenters. The number of hydrogen-bond acceptors (Lipinski definition) is 5. The molecular formula is C15H23NO5. The molecule has 1 fully saturated rings. The van der Waals surface area contributed by atoms with E-state index in [0.29, 0.717) is 18.5 Å². The molecule has 0 N–H and O–H groups in total. The molecule has 118 valence electrons. The smallest absolute Gasteiger partial charge is 0.415 e. The first kappa shape index (κ1) is 17.2. The highest BCUT2D eigenvalue weighted by molar-refractivity contribution is 5.90. The fourth-order valence-corrected chi connectivity index (χ4v) is 2.13. The van der Waals surface area contributed by atoms with Crippen molar-refractivity contribution in [2.24, 2.45) is 0 Å². The third-order valence-electron chi connectivity index (χ3n) is 2.81. The Balaban J connectivity index is 3.03. The lowest BCUT2D eigenvalue weighted by Crippen LogP contribution is -2.43. The van der Waals surface area contributed by atoms with Crippen LogP contribution >= 0.6 is 0 Å². The summed E-state index contributed by atoms with van der Waals surface area (Å²) in [5, 5.41) is 0. The average molecular weight is 297 g/mol. The molecule has 1 rings (SSSR count). The van der Waals surface area contributed by atoms with Gasteiger partial charge in [-0.1, -0.05) is 0 Å². The van der Waals surface area contributed by atoms with Crippen molar-refractivity contribution >= 4 is 17.8 Å². The minimum Gasteiger partial charge on any atom is -0.464 e. The molecule has 0 saturated carbocycles. The third kappa shape index (κ3) is 4.88. The number of carbonyl (C=O) groups is 3. The fraction of sp³-hybridized carbons (Fsp3) is 0.667. The van der Waals surface area contributed by atoms with E-state index >= 15 is 0 Å². The van der Waals surface area contributed by atoms with E-state index in [1.807, 2.05) is 0 Å². The van der Waals surface area contributed by atoms with Crippen molar-refractivity contribution in [2.45, 2.75) is 59.1 Å². The van der Waals surface area contributed by atoms with Gasteiger partial charge in [-0.15, -0.1) is 0 Å². The molecule has 0 spiro atoms. The first-order chi connectivity index (χ1) is 9.65. The van der Waals surface area contributed by atoms with E-state index < -0.39 is 23.7 Å². The van der Waals surface area contributed by atoms with Crippen LogP contribution in [0.5, 0.6) is 0 Å². The van der Waals surface area contributed by atoms with E-state index in [1.54, 1.807) is 27.7 Å². The fourth-order valence-electron chi connectivity index (χ4n) is 2.13. The average Bonchev–Trinajstić information content (AvgIpc) is 2.69. The van der Waals surface area contributed by atoms with Crippen molar-refractivity contribution in [1.82, 2.24) is 4.90 Å². The largest absolute Gasteiger partial charge is 0.464 e. The summed E-state index contributed by atoms with van der Waals surface area (Å²) in [5.74, 6) is -0.654. The summed E-state index contributed by atoms with van der Waals surface area (Å²) in [6.45, 7) is 8.58. The van der Waals surface area contributed by atoms with Crippen molar-refractivity contribution in [2.75, 3.05) is 6.61 Å². The summed E-state index contributed by atoms with van der Waals surface area (Å²) in [4.78, 5) is 36.8. The van der Waals surface area contributed by atoms with Gasteiger partial charge in [-0.25, -0.2) is 9.59 Å². The van der Waals surface area contributed by atoms with Gasteiger partial charge in [-0.3, -0.25) is 9.69 Å². The molecule has 1 amide bonds. The van der Waals surface area contributed by atoms with E-state index in [2.05, 4.69) is 0 Å².